The number of carbonyl (C=O) groups excluding carboxylic acids is 2. The van der Waals surface area contributed by atoms with Gasteiger partial charge in [0.1, 0.15) is 0 Å². The third-order valence-electron chi connectivity index (χ3n) is 3.73. The summed E-state index contributed by atoms with van der Waals surface area (Å²) in [4.78, 5) is 28.0. The van der Waals surface area contributed by atoms with Crippen LogP contribution in [0, 0.1) is 0 Å². The molecule has 0 saturated carbocycles. The Morgan fingerprint density at radius 1 is 1.04 bits per heavy atom. The van der Waals surface area contributed by atoms with Crippen molar-refractivity contribution in [2.24, 2.45) is 0 Å². The summed E-state index contributed by atoms with van der Waals surface area (Å²) in [5.74, 6) is -0.795. The Balaban J connectivity index is 2.01. The van der Waals surface area contributed by atoms with Gasteiger partial charge < -0.3 is 9.72 Å². The normalized spacial score (nSPS) is 12.4. The van der Waals surface area contributed by atoms with Crippen LogP contribution in [-0.2, 0) is 9.53 Å². The van der Waals surface area contributed by atoms with Crippen molar-refractivity contribution in [1.82, 2.24) is 4.98 Å². The van der Waals surface area contributed by atoms with E-state index in [1.807, 2.05) is 42.5 Å². The monoisotopic (exact) mass is 319 g/mol. The highest BCUT2D eigenvalue weighted by molar-refractivity contribution is 6.10. The number of fused-ring (bicyclic) bond motifs is 1. The van der Waals surface area contributed by atoms with Gasteiger partial charge in [0.2, 0.25) is 5.78 Å². The van der Waals surface area contributed by atoms with Gasteiger partial charge in [0.25, 0.3) is 0 Å². The molecule has 0 bridgehead atoms. The Morgan fingerprint density at radius 3 is 2.50 bits per heavy atom. The van der Waals surface area contributed by atoms with E-state index in [1.54, 1.807) is 31.3 Å². The van der Waals surface area contributed by atoms with Gasteiger partial charge in [-0.15, -0.1) is 0 Å². The number of aromatic amines is 1. The second kappa shape index (κ2) is 6.96. The summed E-state index contributed by atoms with van der Waals surface area (Å²) in [7, 11) is 0. The third-order valence-corrected chi connectivity index (χ3v) is 3.73. The fraction of sp³-hybridized carbons (Fsp3) is 0.100. The first-order chi connectivity index (χ1) is 11.7. The van der Waals surface area contributed by atoms with Crippen LogP contribution in [0.2, 0.25) is 0 Å². The van der Waals surface area contributed by atoms with Crippen LogP contribution < -0.4 is 0 Å². The van der Waals surface area contributed by atoms with E-state index < -0.39 is 12.1 Å². The van der Waals surface area contributed by atoms with Crippen molar-refractivity contribution in [1.29, 1.82) is 0 Å². The van der Waals surface area contributed by atoms with Gasteiger partial charge in [0.15, 0.2) is 6.10 Å². The van der Waals surface area contributed by atoms with E-state index in [1.165, 1.54) is 6.08 Å². The van der Waals surface area contributed by atoms with Crippen LogP contribution in [0.15, 0.2) is 72.9 Å². The minimum atomic E-state index is -0.978. The largest absolute Gasteiger partial charge is 0.446 e. The summed E-state index contributed by atoms with van der Waals surface area (Å²) in [6, 6.07) is 16.6. The number of ketones is 1. The van der Waals surface area contributed by atoms with Crippen LogP contribution in [0.1, 0.15) is 28.9 Å². The summed E-state index contributed by atoms with van der Waals surface area (Å²) >= 11 is 0. The topological polar surface area (TPSA) is 59.2 Å². The minimum Gasteiger partial charge on any atom is -0.446 e. The van der Waals surface area contributed by atoms with Crippen LogP contribution >= 0.6 is 0 Å². The lowest BCUT2D eigenvalue weighted by atomic mass is 9.99. The number of carbonyl (C=O) groups is 2. The Hall–Kier alpha value is -3.14. The fourth-order valence-electron chi connectivity index (χ4n) is 2.61. The van der Waals surface area contributed by atoms with Crippen molar-refractivity contribution in [2.45, 2.75) is 13.0 Å². The summed E-state index contributed by atoms with van der Waals surface area (Å²) in [6.45, 7) is 1.72. The minimum absolute atomic E-state index is 0.253. The van der Waals surface area contributed by atoms with Crippen LogP contribution in [0.3, 0.4) is 0 Å². The molecule has 24 heavy (non-hydrogen) atoms. The van der Waals surface area contributed by atoms with Crippen molar-refractivity contribution in [3.8, 4) is 0 Å². The summed E-state index contributed by atoms with van der Waals surface area (Å²) < 4.78 is 5.42. The quantitative estimate of drug-likeness (QED) is 0.435. The lowest BCUT2D eigenvalue weighted by molar-refractivity contribution is -0.141. The molecule has 0 aliphatic heterocycles. The number of ether oxygens (including phenoxy) is 1. The van der Waals surface area contributed by atoms with Crippen molar-refractivity contribution in [2.75, 3.05) is 0 Å². The molecule has 1 atom stereocenters. The zero-order valence-corrected chi connectivity index (χ0v) is 13.2. The highest BCUT2D eigenvalue weighted by Crippen LogP contribution is 2.27. The molecule has 120 valence electrons. The van der Waals surface area contributed by atoms with Crippen molar-refractivity contribution >= 4 is 22.7 Å². The fourth-order valence-corrected chi connectivity index (χ4v) is 2.61. The molecule has 0 radical (unpaired) electrons. The molecule has 0 saturated heterocycles. The van der Waals surface area contributed by atoms with Crippen molar-refractivity contribution in [3.05, 3.63) is 84.1 Å². The maximum atomic E-state index is 13.0. The smallest absolute Gasteiger partial charge is 0.331 e. The number of rotatable bonds is 5. The van der Waals surface area contributed by atoms with E-state index >= 15 is 0 Å². The van der Waals surface area contributed by atoms with E-state index in [0.717, 1.165) is 10.9 Å². The zero-order chi connectivity index (χ0) is 16.9. The number of esters is 1. The molecule has 0 amide bonds. The van der Waals surface area contributed by atoms with Gasteiger partial charge in [-0.3, -0.25) is 4.79 Å². The molecule has 1 N–H and O–H groups in total. The molecule has 2 aromatic carbocycles. The van der Waals surface area contributed by atoms with Gasteiger partial charge >= 0.3 is 5.97 Å². The number of H-pyrrole nitrogens is 1. The van der Waals surface area contributed by atoms with Crippen molar-refractivity contribution in [3.63, 3.8) is 0 Å². The van der Waals surface area contributed by atoms with E-state index in [9.17, 15) is 9.59 Å². The predicted molar refractivity (Wildman–Crippen MR) is 92.7 cm³/mol. The molecule has 0 aliphatic carbocycles. The van der Waals surface area contributed by atoms with Crippen LogP contribution in [0.25, 0.3) is 10.9 Å². The Morgan fingerprint density at radius 2 is 1.75 bits per heavy atom. The molecule has 1 heterocycles. The number of nitrogens with one attached hydrogen (secondary N) is 1. The first kappa shape index (κ1) is 15.7. The van der Waals surface area contributed by atoms with Crippen molar-refractivity contribution < 1.29 is 14.3 Å². The highest BCUT2D eigenvalue weighted by Gasteiger charge is 2.27. The molecule has 3 rings (SSSR count). The Bertz CT molecular complexity index is 893. The number of hydrogen-bond donors (Lipinski definition) is 1. The molecular weight excluding hydrogens is 302 g/mol. The maximum absolute atomic E-state index is 13.0. The van der Waals surface area contributed by atoms with Gasteiger partial charge in [-0.05, 0) is 13.0 Å². The number of aromatic nitrogens is 1. The highest BCUT2D eigenvalue weighted by atomic mass is 16.5. The first-order valence-corrected chi connectivity index (χ1v) is 7.69. The predicted octanol–water partition coefficient (Wildman–Crippen LogP) is 4.21. The number of hydrogen-bond acceptors (Lipinski definition) is 3. The zero-order valence-electron chi connectivity index (χ0n) is 13.2. The van der Waals surface area contributed by atoms with Gasteiger partial charge in [-0.1, -0.05) is 54.6 Å². The molecule has 4 heteroatoms. The van der Waals surface area contributed by atoms with Crippen LogP contribution in [-0.4, -0.2) is 16.7 Å². The van der Waals surface area contributed by atoms with E-state index in [2.05, 4.69) is 4.98 Å². The van der Waals surface area contributed by atoms with E-state index in [4.69, 9.17) is 4.74 Å². The van der Waals surface area contributed by atoms with Gasteiger partial charge in [-0.25, -0.2) is 4.79 Å². The third kappa shape index (κ3) is 3.13. The molecule has 0 spiro atoms. The average molecular weight is 319 g/mol. The molecule has 0 aliphatic rings. The molecule has 3 aromatic rings. The van der Waals surface area contributed by atoms with Gasteiger partial charge in [-0.2, -0.15) is 0 Å². The second-order valence-corrected chi connectivity index (χ2v) is 5.34. The maximum Gasteiger partial charge on any atom is 0.331 e. The first-order valence-electron chi connectivity index (χ1n) is 7.69. The van der Waals surface area contributed by atoms with E-state index in [0.29, 0.717) is 11.1 Å². The standard InChI is InChI=1S/C20H17NO3/c1-2-8-18(22)24-20(14-9-4-3-5-10-14)19(23)16-13-21-17-12-7-6-11-15(16)17/h2-13,20-21H,1H3/b8-2+/t20-/m0/s1. The number of benzene rings is 2. The summed E-state index contributed by atoms with van der Waals surface area (Å²) in [5, 5.41) is 0.811. The average Bonchev–Trinajstić information content (AvgIpc) is 3.04. The summed E-state index contributed by atoms with van der Waals surface area (Å²) in [5.41, 5.74) is 2.02. The molecular formula is C20H17NO3. The molecule has 4 nitrogen and oxygen atoms in total. The van der Waals surface area contributed by atoms with Gasteiger partial charge in [0.05, 0.1) is 0 Å². The number of allylic oxidation sites excluding steroid dienone is 1. The molecule has 0 fully saturated rings. The Labute approximate surface area is 139 Å². The van der Waals surface area contributed by atoms with Gasteiger partial charge in [0, 0.05) is 34.3 Å². The lowest BCUT2D eigenvalue weighted by Crippen LogP contribution is -2.19. The lowest BCUT2D eigenvalue weighted by Gasteiger charge is -2.16. The van der Waals surface area contributed by atoms with Crippen LogP contribution in [0.5, 0.6) is 0 Å². The Kier molecular flexibility index (Phi) is 4.57. The van der Waals surface area contributed by atoms with Crippen LogP contribution in [0.4, 0.5) is 0 Å². The number of Topliss-reactive ketones (excluding diaryl/α,β-unsaturated/α-hetero) is 1. The SMILES string of the molecule is C/C=C/C(=O)O[C@H](C(=O)c1c[nH]c2ccccc12)c1ccccc1. The second-order valence-electron chi connectivity index (χ2n) is 5.34. The summed E-state index contributed by atoms with van der Waals surface area (Å²) in [6.07, 6.45) is 3.57. The molecule has 0 unspecified atom stereocenters. The van der Waals surface area contributed by atoms with E-state index in [-0.39, 0.29) is 5.78 Å². The molecule has 1 aromatic heterocycles. The number of para-hydroxylation sites is 1.